The van der Waals surface area contributed by atoms with Crippen molar-refractivity contribution in [2.45, 2.75) is 60.3 Å². The smallest absolute Gasteiger partial charge is 0.219 e. The van der Waals surface area contributed by atoms with E-state index in [4.69, 9.17) is 15.5 Å². The Balaban J connectivity index is 2.44. The van der Waals surface area contributed by atoms with E-state index in [9.17, 15) is 5.26 Å². The normalized spacial score (nSPS) is 12.6. The zero-order valence-corrected chi connectivity index (χ0v) is 22.1. The molecular formula is C28H40N6O. The maximum atomic E-state index is 9.46. The summed E-state index contributed by atoms with van der Waals surface area (Å²) in [6.45, 7) is 13.0. The minimum Gasteiger partial charge on any atom is -0.438 e. The van der Waals surface area contributed by atoms with E-state index in [0.717, 1.165) is 61.4 Å². The molecule has 0 unspecified atom stereocenters. The van der Waals surface area contributed by atoms with Gasteiger partial charge in [0.2, 0.25) is 5.88 Å². The Morgan fingerprint density at radius 2 is 1.91 bits per heavy atom. The molecule has 2 rings (SSSR count). The van der Waals surface area contributed by atoms with Gasteiger partial charge in [0.1, 0.15) is 5.75 Å². The van der Waals surface area contributed by atoms with Crippen LogP contribution in [-0.4, -0.2) is 35.1 Å². The van der Waals surface area contributed by atoms with Crippen LogP contribution in [0.2, 0.25) is 0 Å². The van der Waals surface area contributed by atoms with Gasteiger partial charge >= 0.3 is 0 Å². The fourth-order valence-corrected chi connectivity index (χ4v) is 3.66. The van der Waals surface area contributed by atoms with Crippen LogP contribution in [0.1, 0.15) is 71.4 Å². The molecule has 1 aromatic carbocycles. The number of hydrogen-bond acceptors (Lipinski definition) is 6. The van der Waals surface area contributed by atoms with Gasteiger partial charge in [-0.2, -0.15) is 10.4 Å². The number of aromatic nitrogens is 2. The highest BCUT2D eigenvalue weighted by molar-refractivity contribution is 6.01. The molecule has 0 saturated heterocycles. The molecule has 0 spiro atoms. The lowest BCUT2D eigenvalue weighted by Crippen LogP contribution is -2.25. The van der Waals surface area contributed by atoms with Crippen molar-refractivity contribution in [1.29, 1.82) is 5.26 Å². The van der Waals surface area contributed by atoms with Crippen molar-refractivity contribution >= 4 is 11.5 Å². The fraction of sp³-hybridized carbons (Fsp3) is 0.464. The highest BCUT2D eigenvalue weighted by atomic mass is 16.5. The second-order valence-electron chi connectivity index (χ2n) is 8.68. The van der Waals surface area contributed by atoms with Gasteiger partial charge in [0.05, 0.1) is 11.6 Å². The van der Waals surface area contributed by atoms with E-state index < -0.39 is 0 Å². The standard InChI is InChI=1S/C28H40N6O/c1-7-14-34(15-8-2)27-18-28(33(6)32-27)35-26-17-23(19-30)10-11-25(26)22(5)31-20-24(12-13-29)16-21(4)9-3/h10-11,16-18,20H,7-9,12-15,29H2,1-6H3/b21-16+,24-20-,31-22+. The van der Waals surface area contributed by atoms with Crippen LogP contribution in [0.15, 0.2) is 52.7 Å². The maximum Gasteiger partial charge on any atom is 0.219 e. The van der Waals surface area contributed by atoms with Gasteiger partial charge in [-0.3, -0.25) is 4.99 Å². The van der Waals surface area contributed by atoms with Crippen molar-refractivity contribution < 1.29 is 4.74 Å². The molecule has 1 heterocycles. The zero-order valence-electron chi connectivity index (χ0n) is 22.1. The summed E-state index contributed by atoms with van der Waals surface area (Å²) in [7, 11) is 1.87. The third-order valence-electron chi connectivity index (χ3n) is 5.70. The molecule has 2 N–H and O–H groups in total. The number of hydrogen-bond donors (Lipinski definition) is 1. The third kappa shape index (κ3) is 8.11. The van der Waals surface area contributed by atoms with Crippen LogP contribution in [0.3, 0.4) is 0 Å². The SMILES string of the molecule is CCCN(CCC)c1cc(Oc2cc(C#N)ccc2/C(C)=N/C=C(\C=C(/C)CC)CCN)n(C)n1. The molecule has 0 saturated carbocycles. The molecule has 0 atom stereocenters. The molecule has 1 aromatic heterocycles. The van der Waals surface area contributed by atoms with E-state index in [1.807, 2.05) is 32.3 Å². The summed E-state index contributed by atoms with van der Waals surface area (Å²) in [5.74, 6) is 2.08. The summed E-state index contributed by atoms with van der Waals surface area (Å²) in [6.07, 6.45) is 7.86. The number of benzene rings is 1. The number of anilines is 1. The van der Waals surface area contributed by atoms with Gasteiger partial charge in [-0.05, 0) is 69.8 Å². The first-order chi connectivity index (χ1) is 16.9. The average Bonchev–Trinajstić information content (AvgIpc) is 3.21. The van der Waals surface area contributed by atoms with Crippen molar-refractivity contribution in [2.24, 2.45) is 17.8 Å². The van der Waals surface area contributed by atoms with E-state index >= 15 is 0 Å². The molecule has 7 nitrogen and oxygen atoms in total. The Hall–Kier alpha value is -3.37. The number of aliphatic imine (C=N–C) groups is 1. The van der Waals surface area contributed by atoms with Crippen molar-refractivity contribution in [1.82, 2.24) is 9.78 Å². The van der Waals surface area contributed by atoms with Gasteiger partial charge in [0.15, 0.2) is 5.82 Å². The summed E-state index contributed by atoms with van der Waals surface area (Å²) in [5, 5.41) is 14.1. The molecule has 0 amide bonds. The molecule has 0 aliphatic carbocycles. The second-order valence-corrected chi connectivity index (χ2v) is 8.68. The number of rotatable bonds is 13. The minimum atomic E-state index is 0.526. The largest absolute Gasteiger partial charge is 0.438 e. The number of nitriles is 1. The number of allylic oxidation sites excluding steroid dienone is 2. The Morgan fingerprint density at radius 3 is 2.51 bits per heavy atom. The van der Waals surface area contributed by atoms with Gasteiger partial charge in [-0.25, -0.2) is 4.68 Å². The monoisotopic (exact) mass is 476 g/mol. The molecule has 0 aliphatic rings. The van der Waals surface area contributed by atoms with Crippen molar-refractivity contribution in [3.05, 3.63) is 58.8 Å². The zero-order chi connectivity index (χ0) is 25.8. The molecule has 0 radical (unpaired) electrons. The first kappa shape index (κ1) is 27.9. The summed E-state index contributed by atoms with van der Waals surface area (Å²) in [5.41, 5.74) is 10.3. The Bertz CT molecular complexity index is 1100. The second kappa shape index (κ2) is 14.1. The topological polar surface area (TPSA) is 92.5 Å². The van der Waals surface area contributed by atoms with Gasteiger partial charge in [0, 0.05) is 43.7 Å². The van der Waals surface area contributed by atoms with Crippen LogP contribution in [-0.2, 0) is 7.05 Å². The lowest BCUT2D eigenvalue weighted by molar-refractivity contribution is 0.430. The maximum absolute atomic E-state index is 9.46. The van der Waals surface area contributed by atoms with E-state index in [2.05, 4.69) is 49.8 Å². The molecule has 0 fully saturated rings. The van der Waals surface area contributed by atoms with Gasteiger partial charge in [-0.15, -0.1) is 0 Å². The average molecular weight is 477 g/mol. The molecule has 0 bridgehead atoms. The highest BCUT2D eigenvalue weighted by Crippen LogP contribution is 2.30. The summed E-state index contributed by atoms with van der Waals surface area (Å²) >= 11 is 0. The minimum absolute atomic E-state index is 0.526. The Labute approximate surface area is 210 Å². The van der Waals surface area contributed by atoms with Gasteiger partial charge in [-0.1, -0.05) is 32.4 Å². The number of ether oxygens (including phenoxy) is 1. The lowest BCUT2D eigenvalue weighted by atomic mass is 10.1. The van der Waals surface area contributed by atoms with E-state index in [-0.39, 0.29) is 0 Å². The van der Waals surface area contributed by atoms with E-state index in [1.54, 1.807) is 16.8 Å². The molecule has 35 heavy (non-hydrogen) atoms. The number of aryl methyl sites for hydroxylation is 1. The van der Waals surface area contributed by atoms with Crippen LogP contribution in [0.5, 0.6) is 11.6 Å². The fourth-order valence-electron chi connectivity index (χ4n) is 3.66. The highest BCUT2D eigenvalue weighted by Gasteiger charge is 2.16. The molecule has 0 aliphatic heterocycles. The predicted molar refractivity (Wildman–Crippen MR) is 145 cm³/mol. The van der Waals surface area contributed by atoms with Crippen molar-refractivity contribution in [3.8, 4) is 17.7 Å². The first-order valence-electron chi connectivity index (χ1n) is 12.5. The van der Waals surface area contributed by atoms with Gasteiger partial charge < -0.3 is 15.4 Å². The first-order valence-corrected chi connectivity index (χ1v) is 12.5. The van der Waals surface area contributed by atoms with Crippen molar-refractivity contribution in [3.63, 3.8) is 0 Å². The van der Waals surface area contributed by atoms with Crippen molar-refractivity contribution in [2.75, 3.05) is 24.5 Å². The lowest BCUT2D eigenvalue weighted by Gasteiger charge is -2.20. The quantitative estimate of drug-likeness (QED) is 0.278. The Kier molecular flexibility index (Phi) is 11.2. The summed E-state index contributed by atoms with van der Waals surface area (Å²) in [4.78, 5) is 6.99. The summed E-state index contributed by atoms with van der Waals surface area (Å²) in [6, 6.07) is 9.58. The number of nitrogens with two attached hydrogens (primary N) is 1. The van der Waals surface area contributed by atoms with Crippen LogP contribution < -0.4 is 15.4 Å². The van der Waals surface area contributed by atoms with Crippen LogP contribution in [0.4, 0.5) is 5.82 Å². The van der Waals surface area contributed by atoms with E-state index in [1.165, 1.54) is 5.57 Å². The predicted octanol–water partition coefficient (Wildman–Crippen LogP) is 6.11. The van der Waals surface area contributed by atoms with E-state index in [0.29, 0.717) is 23.7 Å². The molecule has 188 valence electrons. The van der Waals surface area contributed by atoms with Gasteiger partial charge in [0.25, 0.3) is 0 Å². The molecule has 2 aromatic rings. The third-order valence-corrected chi connectivity index (χ3v) is 5.70. The van der Waals surface area contributed by atoms with Crippen LogP contribution >= 0.6 is 0 Å². The Morgan fingerprint density at radius 1 is 1.20 bits per heavy atom. The van der Waals surface area contributed by atoms with Crippen LogP contribution in [0, 0.1) is 11.3 Å². The summed E-state index contributed by atoms with van der Waals surface area (Å²) < 4.78 is 8.05. The molecular weight excluding hydrogens is 436 g/mol. The number of nitrogens with zero attached hydrogens (tertiary/aromatic N) is 5. The molecule has 7 heteroatoms. The van der Waals surface area contributed by atoms with Crippen LogP contribution in [0.25, 0.3) is 0 Å².